The number of carbonyl (C=O) groups excluding carboxylic acids is 1. The van der Waals surface area contributed by atoms with E-state index >= 15 is 0 Å². The van der Waals surface area contributed by atoms with Gasteiger partial charge in [-0.15, -0.1) is 11.6 Å². The van der Waals surface area contributed by atoms with Crippen molar-refractivity contribution >= 4 is 17.6 Å². The zero-order valence-electron chi connectivity index (χ0n) is 14.2. The SMILES string of the molecule is CCCCCCCCCCCCCCCCC(Cl)C(=O)[O-].[Ag+]. The Bertz CT molecular complexity index is 237. The first kappa shape index (κ1) is 24.7. The van der Waals surface area contributed by atoms with E-state index in [0.29, 0.717) is 6.42 Å². The molecule has 0 saturated carbocycles. The van der Waals surface area contributed by atoms with Crippen molar-refractivity contribution in [3.63, 3.8) is 0 Å². The summed E-state index contributed by atoms with van der Waals surface area (Å²) in [6.45, 7) is 2.26. The third kappa shape index (κ3) is 18.5. The predicted octanol–water partition coefficient (Wildman–Crippen LogP) is 5.21. The first-order valence-corrected chi connectivity index (χ1v) is 9.47. The fourth-order valence-electron chi connectivity index (χ4n) is 2.64. The van der Waals surface area contributed by atoms with Crippen LogP contribution in [0.25, 0.3) is 0 Å². The summed E-state index contributed by atoms with van der Waals surface area (Å²) in [4.78, 5) is 10.4. The van der Waals surface area contributed by atoms with Gasteiger partial charge in [0.15, 0.2) is 0 Å². The minimum absolute atomic E-state index is 0. The number of halogens is 1. The largest absolute Gasteiger partial charge is 1.00 e. The summed E-state index contributed by atoms with van der Waals surface area (Å²) >= 11 is 5.60. The standard InChI is InChI=1S/C18H35ClO2.Ag/c1-2-3-4-5-6-7-8-9-10-11-12-13-14-15-16-17(19)18(20)21;/h17H,2-16H2,1H3,(H,20,21);/q;+1/p-1. The second-order valence-electron chi connectivity index (χ2n) is 6.17. The van der Waals surface area contributed by atoms with E-state index in [1.165, 1.54) is 77.0 Å². The Hall–Kier alpha value is 0.500. The molecule has 1 atom stereocenters. The molecule has 22 heavy (non-hydrogen) atoms. The molecular formula is C18H34AgClO2. The fraction of sp³-hybridized carbons (Fsp3) is 0.944. The van der Waals surface area contributed by atoms with Crippen LogP contribution in [-0.4, -0.2) is 11.3 Å². The van der Waals surface area contributed by atoms with Crippen LogP contribution in [0.3, 0.4) is 0 Å². The van der Waals surface area contributed by atoms with Gasteiger partial charge in [-0.1, -0.05) is 96.8 Å². The van der Waals surface area contributed by atoms with Crippen molar-refractivity contribution in [2.75, 3.05) is 0 Å². The smallest absolute Gasteiger partial charge is 0.549 e. The summed E-state index contributed by atoms with van der Waals surface area (Å²) in [6, 6.07) is 0. The van der Waals surface area contributed by atoms with E-state index in [9.17, 15) is 9.90 Å². The van der Waals surface area contributed by atoms with Gasteiger partial charge >= 0.3 is 22.4 Å². The van der Waals surface area contributed by atoms with Crippen molar-refractivity contribution in [3.05, 3.63) is 0 Å². The molecule has 0 saturated heterocycles. The molecule has 0 heterocycles. The number of alkyl halides is 1. The molecule has 0 aliphatic carbocycles. The molecule has 0 aromatic rings. The normalized spacial score (nSPS) is 11.9. The van der Waals surface area contributed by atoms with Crippen molar-refractivity contribution in [2.45, 2.75) is 109 Å². The number of rotatable bonds is 16. The van der Waals surface area contributed by atoms with Crippen LogP contribution in [0.15, 0.2) is 0 Å². The van der Waals surface area contributed by atoms with Crippen LogP contribution >= 0.6 is 11.6 Å². The Morgan fingerprint density at radius 1 is 0.773 bits per heavy atom. The minimum Gasteiger partial charge on any atom is -0.549 e. The van der Waals surface area contributed by atoms with Gasteiger partial charge in [-0.3, -0.25) is 0 Å². The molecule has 0 aromatic heterocycles. The predicted molar refractivity (Wildman–Crippen MR) is 89.6 cm³/mol. The molecule has 0 aromatic carbocycles. The van der Waals surface area contributed by atoms with Gasteiger partial charge in [-0.25, -0.2) is 0 Å². The number of carboxylic acid groups (broad SMARTS) is 1. The van der Waals surface area contributed by atoms with E-state index in [0.717, 1.165) is 12.8 Å². The Kier molecular flexibility index (Phi) is 22.0. The first-order valence-electron chi connectivity index (χ1n) is 9.03. The number of carbonyl (C=O) groups is 1. The summed E-state index contributed by atoms with van der Waals surface area (Å²) in [6.07, 6.45) is 18.8. The van der Waals surface area contributed by atoms with Crippen molar-refractivity contribution in [1.82, 2.24) is 0 Å². The molecule has 0 amide bonds. The summed E-state index contributed by atoms with van der Waals surface area (Å²) in [5.74, 6) is -1.13. The Balaban J connectivity index is 0. The zero-order valence-corrected chi connectivity index (χ0v) is 16.4. The second-order valence-corrected chi connectivity index (χ2v) is 6.70. The minimum atomic E-state index is -1.13. The van der Waals surface area contributed by atoms with Crippen LogP contribution in [0.5, 0.6) is 0 Å². The van der Waals surface area contributed by atoms with Gasteiger partial charge in [-0.2, -0.15) is 0 Å². The molecule has 0 N–H and O–H groups in total. The van der Waals surface area contributed by atoms with Gasteiger partial charge < -0.3 is 9.90 Å². The topological polar surface area (TPSA) is 40.1 Å². The average Bonchev–Trinajstić information content (AvgIpc) is 2.47. The quantitative estimate of drug-likeness (QED) is 0.193. The van der Waals surface area contributed by atoms with Crippen molar-refractivity contribution in [3.8, 4) is 0 Å². The van der Waals surface area contributed by atoms with Gasteiger partial charge in [0, 0.05) is 0 Å². The van der Waals surface area contributed by atoms with E-state index in [-0.39, 0.29) is 22.4 Å². The Morgan fingerprint density at radius 2 is 1.09 bits per heavy atom. The van der Waals surface area contributed by atoms with Crippen LogP contribution < -0.4 is 5.11 Å². The third-order valence-electron chi connectivity index (χ3n) is 4.07. The number of hydrogen-bond acceptors (Lipinski definition) is 2. The number of hydrogen-bond donors (Lipinski definition) is 0. The summed E-state index contributed by atoms with van der Waals surface area (Å²) in [5, 5.41) is 9.62. The molecule has 0 fully saturated rings. The van der Waals surface area contributed by atoms with Gasteiger partial charge in [0.05, 0.1) is 11.3 Å². The van der Waals surface area contributed by atoms with Crippen LogP contribution in [0, 0.1) is 0 Å². The molecule has 2 nitrogen and oxygen atoms in total. The summed E-state index contributed by atoms with van der Waals surface area (Å²) in [7, 11) is 0. The Morgan fingerprint density at radius 3 is 1.41 bits per heavy atom. The van der Waals surface area contributed by atoms with Gasteiger partial charge in [-0.05, 0) is 6.42 Å². The maximum Gasteiger partial charge on any atom is 1.00 e. The van der Waals surface area contributed by atoms with Crippen molar-refractivity contribution in [1.29, 1.82) is 0 Å². The van der Waals surface area contributed by atoms with Crippen LogP contribution in [0.1, 0.15) is 103 Å². The van der Waals surface area contributed by atoms with Gasteiger partial charge in [0.1, 0.15) is 0 Å². The van der Waals surface area contributed by atoms with Gasteiger partial charge in [0.25, 0.3) is 0 Å². The van der Waals surface area contributed by atoms with E-state index in [2.05, 4.69) is 6.92 Å². The molecule has 0 rings (SSSR count). The molecule has 0 bridgehead atoms. The van der Waals surface area contributed by atoms with E-state index < -0.39 is 11.3 Å². The molecular weight excluding hydrogens is 392 g/mol. The fourth-order valence-corrected chi connectivity index (χ4v) is 2.79. The molecule has 0 radical (unpaired) electrons. The summed E-state index contributed by atoms with van der Waals surface area (Å²) in [5.41, 5.74) is 0. The van der Waals surface area contributed by atoms with Crippen LogP contribution in [0.4, 0.5) is 0 Å². The molecule has 0 spiro atoms. The number of aliphatic carboxylic acids is 1. The maximum atomic E-state index is 10.4. The molecule has 0 aliphatic rings. The molecule has 1 unspecified atom stereocenters. The average molecular weight is 426 g/mol. The van der Waals surface area contributed by atoms with Crippen molar-refractivity contribution < 1.29 is 32.3 Å². The monoisotopic (exact) mass is 424 g/mol. The molecule has 4 heteroatoms. The maximum absolute atomic E-state index is 10.4. The first-order chi connectivity index (χ1) is 10.2. The van der Waals surface area contributed by atoms with Crippen LogP contribution in [0.2, 0.25) is 0 Å². The van der Waals surface area contributed by atoms with Crippen LogP contribution in [-0.2, 0) is 27.2 Å². The van der Waals surface area contributed by atoms with E-state index in [1.54, 1.807) is 0 Å². The number of carboxylic acids is 1. The molecule has 136 valence electrons. The van der Waals surface area contributed by atoms with E-state index in [4.69, 9.17) is 11.6 Å². The summed E-state index contributed by atoms with van der Waals surface area (Å²) < 4.78 is 0. The molecule has 0 aliphatic heterocycles. The zero-order chi connectivity index (χ0) is 15.8. The van der Waals surface area contributed by atoms with Gasteiger partial charge in [0.2, 0.25) is 0 Å². The Labute approximate surface area is 158 Å². The van der Waals surface area contributed by atoms with E-state index in [1.807, 2.05) is 0 Å². The number of unbranched alkanes of at least 4 members (excludes halogenated alkanes) is 13. The van der Waals surface area contributed by atoms with Crippen molar-refractivity contribution in [2.24, 2.45) is 0 Å². The third-order valence-corrected chi connectivity index (χ3v) is 4.46. The second kappa shape index (κ2) is 19.5.